The number of unbranched alkanes of at least 4 members (excludes halogenated alkanes) is 4. The first-order valence-electron chi connectivity index (χ1n) is 8.31. The molecule has 0 aliphatic carbocycles. The molecule has 0 aliphatic heterocycles. The van der Waals surface area contributed by atoms with Gasteiger partial charge < -0.3 is 0 Å². The third kappa shape index (κ3) is 7.89. The lowest BCUT2D eigenvalue weighted by atomic mass is 9.74. The number of hydroxylamine groups is 1. The Balaban J connectivity index is 5.15. The average Bonchev–Trinajstić information content (AvgIpc) is 2.49. The van der Waals surface area contributed by atoms with E-state index in [0.717, 1.165) is 23.2 Å². The van der Waals surface area contributed by atoms with Gasteiger partial charge in [0, 0.05) is 10.3 Å². The number of hydrogen-bond donors (Lipinski definition) is 1. The van der Waals surface area contributed by atoms with Crippen LogP contribution in [0.3, 0.4) is 0 Å². The minimum atomic E-state index is 0.0852. The molecule has 0 aliphatic rings. The number of allylic oxidation sites excluding steroid dienone is 3. The zero-order valence-electron chi connectivity index (χ0n) is 14.3. The lowest BCUT2D eigenvalue weighted by molar-refractivity contribution is -0.721. The molecule has 1 atom stereocenters. The van der Waals surface area contributed by atoms with E-state index in [4.69, 9.17) is 0 Å². The van der Waals surface area contributed by atoms with E-state index >= 15 is 0 Å². The van der Waals surface area contributed by atoms with Crippen molar-refractivity contribution in [2.45, 2.75) is 72.1 Å². The molecular formula is C19H34NO+. The number of rotatable bonds is 12. The molecule has 0 aromatic heterocycles. The Kier molecular flexibility index (Phi) is 10.7. The third-order valence-electron chi connectivity index (χ3n) is 4.12. The van der Waals surface area contributed by atoms with Crippen LogP contribution in [0.15, 0.2) is 37.1 Å². The lowest BCUT2D eigenvalue weighted by Crippen LogP contribution is -2.23. The summed E-state index contributed by atoms with van der Waals surface area (Å²) in [6, 6.07) is 0. The van der Waals surface area contributed by atoms with Crippen molar-refractivity contribution in [3.05, 3.63) is 37.1 Å². The van der Waals surface area contributed by atoms with Gasteiger partial charge in [-0.2, -0.15) is 0 Å². The van der Waals surface area contributed by atoms with Crippen molar-refractivity contribution in [1.82, 2.24) is 0 Å². The van der Waals surface area contributed by atoms with Gasteiger partial charge in [-0.25, -0.2) is 0 Å². The van der Waals surface area contributed by atoms with Crippen LogP contribution in [0, 0.1) is 5.41 Å². The number of hydrogen-bond acceptors (Lipinski definition) is 1. The monoisotopic (exact) mass is 292 g/mol. The fourth-order valence-corrected chi connectivity index (χ4v) is 2.64. The van der Waals surface area contributed by atoms with Crippen molar-refractivity contribution in [1.29, 1.82) is 0 Å². The van der Waals surface area contributed by atoms with Crippen molar-refractivity contribution in [3.63, 3.8) is 0 Å². The van der Waals surface area contributed by atoms with Crippen LogP contribution in [-0.2, 0) is 0 Å². The summed E-state index contributed by atoms with van der Waals surface area (Å²) >= 11 is 0. The van der Waals surface area contributed by atoms with Crippen LogP contribution < -0.4 is 0 Å². The molecule has 0 heterocycles. The van der Waals surface area contributed by atoms with Gasteiger partial charge >= 0.3 is 0 Å². The predicted molar refractivity (Wildman–Crippen MR) is 93.0 cm³/mol. The highest BCUT2D eigenvalue weighted by atomic mass is 16.5. The van der Waals surface area contributed by atoms with E-state index in [9.17, 15) is 5.21 Å². The van der Waals surface area contributed by atoms with Crippen LogP contribution in [0.2, 0.25) is 0 Å². The molecule has 0 bridgehead atoms. The molecule has 0 aromatic carbocycles. The molecule has 1 N–H and O–H groups in total. The fourth-order valence-electron chi connectivity index (χ4n) is 2.64. The second-order valence-corrected chi connectivity index (χ2v) is 6.02. The SMILES string of the molecule is C=C/C=C(\C=[N+](\O)C=C)C(C)(CCCC)CCCCCC. The van der Waals surface area contributed by atoms with Crippen molar-refractivity contribution in [2.75, 3.05) is 0 Å². The highest BCUT2D eigenvalue weighted by Gasteiger charge is 2.29. The van der Waals surface area contributed by atoms with Crippen LogP contribution in [0.4, 0.5) is 0 Å². The van der Waals surface area contributed by atoms with Gasteiger partial charge in [0.2, 0.25) is 12.4 Å². The molecule has 0 amide bonds. The summed E-state index contributed by atoms with van der Waals surface area (Å²) in [7, 11) is 0. The molecule has 0 saturated carbocycles. The summed E-state index contributed by atoms with van der Waals surface area (Å²) in [6.45, 7) is 14.2. The van der Waals surface area contributed by atoms with Crippen LogP contribution in [-0.4, -0.2) is 16.2 Å². The second-order valence-electron chi connectivity index (χ2n) is 6.02. The summed E-state index contributed by atoms with van der Waals surface area (Å²) in [5, 5.41) is 9.74. The fraction of sp³-hybridized carbons (Fsp3) is 0.632. The van der Waals surface area contributed by atoms with Gasteiger partial charge in [-0.1, -0.05) is 78.0 Å². The van der Waals surface area contributed by atoms with Crippen LogP contribution in [0.1, 0.15) is 72.1 Å². The molecule has 2 heteroatoms. The molecule has 120 valence electrons. The zero-order chi connectivity index (χ0) is 16.1. The summed E-state index contributed by atoms with van der Waals surface area (Å²) in [5.41, 5.74) is 1.21. The predicted octanol–water partition coefficient (Wildman–Crippen LogP) is 5.88. The molecule has 0 fully saturated rings. The van der Waals surface area contributed by atoms with Crippen LogP contribution in [0.25, 0.3) is 0 Å². The van der Waals surface area contributed by atoms with Crippen molar-refractivity contribution >= 4 is 6.21 Å². The maximum Gasteiger partial charge on any atom is 0.225 e. The quantitative estimate of drug-likeness (QED) is 0.119. The maximum atomic E-state index is 9.74. The Morgan fingerprint density at radius 3 is 2.19 bits per heavy atom. The van der Waals surface area contributed by atoms with E-state index in [1.165, 1.54) is 44.7 Å². The van der Waals surface area contributed by atoms with Gasteiger partial charge in [-0.3, -0.25) is 5.21 Å². The Hall–Kier alpha value is -1.31. The summed E-state index contributed by atoms with van der Waals surface area (Å²) in [6.07, 6.45) is 16.7. The normalized spacial score (nSPS) is 15.6. The minimum absolute atomic E-state index is 0.0852. The van der Waals surface area contributed by atoms with Gasteiger partial charge in [-0.05, 0) is 24.8 Å². The third-order valence-corrected chi connectivity index (χ3v) is 4.12. The molecule has 0 rings (SSSR count). The summed E-state index contributed by atoms with van der Waals surface area (Å²) in [4.78, 5) is 0. The Morgan fingerprint density at radius 2 is 1.67 bits per heavy atom. The van der Waals surface area contributed by atoms with Crippen LogP contribution in [0.5, 0.6) is 0 Å². The minimum Gasteiger partial charge on any atom is -0.285 e. The molecule has 1 unspecified atom stereocenters. The van der Waals surface area contributed by atoms with E-state index < -0.39 is 0 Å². The smallest absolute Gasteiger partial charge is 0.225 e. The topological polar surface area (TPSA) is 23.2 Å². The second kappa shape index (κ2) is 11.4. The lowest BCUT2D eigenvalue weighted by Gasteiger charge is -2.29. The number of nitrogens with zero attached hydrogens (tertiary/aromatic N) is 1. The summed E-state index contributed by atoms with van der Waals surface area (Å²) < 4.78 is 1.05. The Bertz CT molecular complexity index is 368. The first-order valence-corrected chi connectivity index (χ1v) is 8.31. The zero-order valence-corrected chi connectivity index (χ0v) is 14.3. The first-order chi connectivity index (χ1) is 10.0. The summed E-state index contributed by atoms with van der Waals surface area (Å²) in [5.74, 6) is 0. The van der Waals surface area contributed by atoms with Crippen molar-refractivity contribution in [3.8, 4) is 0 Å². The molecule has 0 spiro atoms. The highest BCUT2D eigenvalue weighted by Crippen LogP contribution is 2.37. The molecular weight excluding hydrogens is 258 g/mol. The van der Waals surface area contributed by atoms with E-state index in [0.29, 0.717) is 0 Å². The van der Waals surface area contributed by atoms with Gasteiger partial charge in [0.15, 0.2) is 0 Å². The Labute approximate surface area is 131 Å². The van der Waals surface area contributed by atoms with E-state index in [1.807, 2.05) is 6.08 Å². The maximum absolute atomic E-state index is 9.74. The van der Waals surface area contributed by atoms with Crippen LogP contribution >= 0.6 is 0 Å². The van der Waals surface area contributed by atoms with Crippen molar-refractivity contribution in [2.24, 2.45) is 5.41 Å². The van der Waals surface area contributed by atoms with E-state index in [2.05, 4.69) is 33.9 Å². The van der Waals surface area contributed by atoms with Gasteiger partial charge in [0.05, 0.1) is 0 Å². The largest absolute Gasteiger partial charge is 0.285 e. The first kappa shape index (κ1) is 19.7. The molecule has 2 nitrogen and oxygen atoms in total. The average molecular weight is 292 g/mol. The highest BCUT2D eigenvalue weighted by molar-refractivity contribution is 5.76. The van der Waals surface area contributed by atoms with E-state index in [-0.39, 0.29) is 5.41 Å². The van der Waals surface area contributed by atoms with E-state index in [1.54, 1.807) is 12.3 Å². The molecule has 21 heavy (non-hydrogen) atoms. The molecule has 0 aromatic rings. The molecule has 0 radical (unpaired) electrons. The standard InChI is InChI=1S/C19H34NO/c1-6-10-12-13-16-19(5,15-11-7-2)18(14-8-3)17-20(21)9-4/h8-9,14,17,21H,3-4,6-7,10-13,15-16H2,1-2,5H3/q+1/b18-14+,20-17+. The van der Waals surface area contributed by atoms with Gasteiger partial charge in [0.25, 0.3) is 0 Å². The Morgan fingerprint density at radius 1 is 1.05 bits per heavy atom. The van der Waals surface area contributed by atoms with Gasteiger partial charge in [-0.15, -0.1) is 0 Å². The molecule has 0 saturated heterocycles. The van der Waals surface area contributed by atoms with Gasteiger partial charge in [0.1, 0.15) is 0 Å². The van der Waals surface area contributed by atoms with Crippen molar-refractivity contribution < 1.29 is 9.95 Å².